The number of amides is 1. The van der Waals surface area contributed by atoms with Crippen molar-refractivity contribution in [3.8, 4) is 0 Å². The lowest BCUT2D eigenvalue weighted by Gasteiger charge is -2.40. The van der Waals surface area contributed by atoms with Crippen molar-refractivity contribution in [3.05, 3.63) is 70.2 Å². The maximum atomic E-state index is 12.9. The number of hydrogen-bond acceptors (Lipinski definition) is 2. The summed E-state index contributed by atoms with van der Waals surface area (Å²) in [5.74, 6) is 0.133. The molecule has 0 saturated carbocycles. The Bertz CT molecular complexity index is 758. The maximum absolute atomic E-state index is 12.9. The zero-order valence-electron chi connectivity index (χ0n) is 13.1. The molecule has 1 saturated heterocycles. The monoisotopic (exact) mass is 326 g/mol. The molecule has 2 aromatic carbocycles. The van der Waals surface area contributed by atoms with Crippen LogP contribution in [0.3, 0.4) is 0 Å². The van der Waals surface area contributed by atoms with Gasteiger partial charge in [-0.05, 0) is 30.2 Å². The molecule has 0 radical (unpaired) electrons. The van der Waals surface area contributed by atoms with Crippen molar-refractivity contribution < 1.29 is 4.79 Å². The SMILES string of the molecule is CCCN1CCN2C(=O)c3ccccc3C12c1ccc(Cl)cc1. The molecular formula is C19H19ClN2O. The Balaban J connectivity index is 1.99. The largest absolute Gasteiger partial charge is 0.311 e. The van der Waals surface area contributed by atoms with E-state index >= 15 is 0 Å². The zero-order chi connectivity index (χ0) is 16.0. The Kier molecular flexibility index (Phi) is 3.43. The van der Waals surface area contributed by atoms with Gasteiger partial charge in [-0.3, -0.25) is 9.69 Å². The number of nitrogens with zero attached hydrogens (tertiary/aromatic N) is 2. The van der Waals surface area contributed by atoms with Gasteiger partial charge in [0.25, 0.3) is 5.91 Å². The van der Waals surface area contributed by atoms with E-state index in [9.17, 15) is 4.79 Å². The van der Waals surface area contributed by atoms with E-state index in [-0.39, 0.29) is 5.91 Å². The summed E-state index contributed by atoms with van der Waals surface area (Å²) in [6.45, 7) is 4.80. The van der Waals surface area contributed by atoms with Gasteiger partial charge in [-0.15, -0.1) is 0 Å². The standard InChI is InChI=1S/C19H19ClN2O/c1-2-11-21-12-13-22-18(23)16-5-3-4-6-17(16)19(21,22)14-7-9-15(20)10-8-14/h3-10H,2,11-13H2,1H3. The average Bonchev–Trinajstić information content (AvgIpc) is 3.06. The summed E-state index contributed by atoms with van der Waals surface area (Å²) in [7, 11) is 0. The molecule has 2 heterocycles. The van der Waals surface area contributed by atoms with Gasteiger partial charge in [0.1, 0.15) is 5.66 Å². The first-order chi connectivity index (χ1) is 11.2. The molecule has 2 aliphatic rings. The molecule has 2 aromatic rings. The van der Waals surface area contributed by atoms with Gasteiger partial charge in [0.05, 0.1) is 0 Å². The van der Waals surface area contributed by atoms with Crippen LogP contribution in [0.15, 0.2) is 48.5 Å². The number of rotatable bonds is 3. The van der Waals surface area contributed by atoms with Crippen LogP contribution < -0.4 is 0 Å². The van der Waals surface area contributed by atoms with Crippen LogP contribution in [0.5, 0.6) is 0 Å². The molecule has 4 rings (SSSR count). The van der Waals surface area contributed by atoms with Crippen molar-refractivity contribution >= 4 is 17.5 Å². The smallest absolute Gasteiger partial charge is 0.256 e. The van der Waals surface area contributed by atoms with Crippen molar-refractivity contribution in [3.63, 3.8) is 0 Å². The van der Waals surface area contributed by atoms with Crippen molar-refractivity contribution in [1.82, 2.24) is 9.80 Å². The first-order valence-corrected chi connectivity index (χ1v) is 8.50. The van der Waals surface area contributed by atoms with Crippen LogP contribution >= 0.6 is 11.6 Å². The van der Waals surface area contributed by atoms with Gasteiger partial charge in [-0.1, -0.05) is 48.9 Å². The van der Waals surface area contributed by atoms with E-state index in [1.165, 1.54) is 0 Å². The average molecular weight is 327 g/mol. The van der Waals surface area contributed by atoms with Crippen molar-refractivity contribution in [2.45, 2.75) is 19.0 Å². The predicted molar refractivity (Wildman–Crippen MR) is 91.6 cm³/mol. The molecule has 1 unspecified atom stereocenters. The molecule has 2 aliphatic heterocycles. The summed E-state index contributed by atoms with van der Waals surface area (Å²) in [5, 5.41) is 0.717. The van der Waals surface area contributed by atoms with Gasteiger partial charge < -0.3 is 4.90 Å². The van der Waals surface area contributed by atoms with E-state index in [1.54, 1.807) is 0 Å². The summed E-state index contributed by atoms with van der Waals surface area (Å²) in [5.41, 5.74) is 2.56. The van der Waals surface area contributed by atoms with Gasteiger partial charge in [0.15, 0.2) is 0 Å². The first-order valence-electron chi connectivity index (χ1n) is 8.12. The van der Waals surface area contributed by atoms with Gasteiger partial charge in [-0.25, -0.2) is 0 Å². The second-order valence-corrected chi connectivity index (χ2v) is 6.60. The second-order valence-electron chi connectivity index (χ2n) is 6.17. The van der Waals surface area contributed by atoms with Crippen LogP contribution in [0, 0.1) is 0 Å². The summed E-state index contributed by atoms with van der Waals surface area (Å²) in [4.78, 5) is 17.4. The molecule has 0 bridgehead atoms. The Morgan fingerprint density at radius 3 is 2.57 bits per heavy atom. The molecule has 0 spiro atoms. The normalized spacial score (nSPS) is 23.2. The lowest BCUT2D eigenvalue weighted by atomic mass is 9.90. The maximum Gasteiger partial charge on any atom is 0.256 e. The molecule has 0 aliphatic carbocycles. The minimum atomic E-state index is -0.478. The minimum absolute atomic E-state index is 0.133. The first kappa shape index (κ1) is 14.7. The lowest BCUT2D eigenvalue weighted by molar-refractivity contribution is 0.0455. The van der Waals surface area contributed by atoms with Crippen LogP contribution in [0.2, 0.25) is 5.02 Å². The van der Waals surface area contributed by atoms with Crippen LogP contribution in [0.4, 0.5) is 0 Å². The van der Waals surface area contributed by atoms with E-state index in [0.717, 1.165) is 42.7 Å². The van der Waals surface area contributed by atoms with Gasteiger partial charge in [0, 0.05) is 35.8 Å². The highest BCUT2D eigenvalue weighted by molar-refractivity contribution is 6.30. The Labute approximate surface area is 141 Å². The van der Waals surface area contributed by atoms with Crippen LogP contribution in [0.1, 0.15) is 34.8 Å². The van der Waals surface area contributed by atoms with Crippen molar-refractivity contribution in [1.29, 1.82) is 0 Å². The van der Waals surface area contributed by atoms with Crippen LogP contribution in [-0.2, 0) is 5.66 Å². The molecular weight excluding hydrogens is 308 g/mol. The third-order valence-electron chi connectivity index (χ3n) is 4.96. The molecule has 4 heteroatoms. The number of halogens is 1. The molecule has 1 amide bonds. The lowest BCUT2D eigenvalue weighted by Crippen LogP contribution is -2.49. The molecule has 23 heavy (non-hydrogen) atoms. The van der Waals surface area contributed by atoms with Gasteiger partial charge in [-0.2, -0.15) is 0 Å². The Morgan fingerprint density at radius 1 is 1.09 bits per heavy atom. The summed E-state index contributed by atoms with van der Waals surface area (Å²) in [6.07, 6.45) is 1.06. The highest BCUT2D eigenvalue weighted by Crippen LogP contribution is 2.49. The fourth-order valence-electron chi connectivity index (χ4n) is 4.12. The highest BCUT2D eigenvalue weighted by atomic mass is 35.5. The van der Waals surface area contributed by atoms with Crippen LogP contribution in [0.25, 0.3) is 0 Å². The zero-order valence-corrected chi connectivity index (χ0v) is 13.9. The number of hydrogen-bond donors (Lipinski definition) is 0. The molecule has 3 nitrogen and oxygen atoms in total. The molecule has 1 fully saturated rings. The minimum Gasteiger partial charge on any atom is -0.311 e. The third-order valence-corrected chi connectivity index (χ3v) is 5.21. The Hall–Kier alpha value is -1.84. The van der Waals surface area contributed by atoms with E-state index in [4.69, 9.17) is 11.6 Å². The van der Waals surface area contributed by atoms with E-state index < -0.39 is 5.66 Å². The topological polar surface area (TPSA) is 23.6 Å². The van der Waals surface area contributed by atoms with Crippen LogP contribution in [-0.4, -0.2) is 35.3 Å². The molecule has 118 valence electrons. The fraction of sp³-hybridized carbons (Fsp3) is 0.316. The quantitative estimate of drug-likeness (QED) is 0.858. The van der Waals surface area contributed by atoms with E-state index in [1.807, 2.05) is 35.2 Å². The molecule has 0 N–H and O–H groups in total. The van der Waals surface area contributed by atoms with Crippen molar-refractivity contribution in [2.75, 3.05) is 19.6 Å². The Morgan fingerprint density at radius 2 is 1.83 bits per heavy atom. The summed E-state index contributed by atoms with van der Waals surface area (Å²) in [6, 6.07) is 15.9. The number of carbonyl (C=O) groups is 1. The van der Waals surface area contributed by atoms with E-state index in [0.29, 0.717) is 5.02 Å². The number of carbonyl (C=O) groups excluding carboxylic acids is 1. The van der Waals surface area contributed by atoms with Gasteiger partial charge in [0.2, 0.25) is 0 Å². The van der Waals surface area contributed by atoms with E-state index in [2.05, 4.69) is 30.0 Å². The molecule has 1 atom stereocenters. The summed E-state index contributed by atoms with van der Waals surface area (Å²) < 4.78 is 0. The number of fused-ring (bicyclic) bond motifs is 3. The van der Waals surface area contributed by atoms with Gasteiger partial charge >= 0.3 is 0 Å². The highest BCUT2D eigenvalue weighted by Gasteiger charge is 2.57. The number of benzene rings is 2. The second kappa shape index (κ2) is 5.36. The fourth-order valence-corrected chi connectivity index (χ4v) is 4.24. The predicted octanol–water partition coefficient (Wildman–Crippen LogP) is 3.72. The molecule has 0 aromatic heterocycles. The van der Waals surface area contributed by atoms with Crippen molar-refractivity contribution in [2.24, 2.45) is 0 Å². The third kappa shape index (κ3) is 1.90. The summed E-state index contributed by atoms with van der Waals surface area (Å²) >= 11 is 6.09.